The quantitative estimate of drug-likeness (QED) is 0.0233. The minimum absolute atomic E-state index is 0.187. The van der Waals surface area contributed by atoms with Gasteiger partial charge >= 0.3 is 19.8 Å². The van der Waals surface area contributed by atoms with E-state index in [9.17, 15) is 24.2 Å². The van der Waals surface area contributed by atoms with Gasteiger partial charge in [-0.05, 0) is 38.5 Å². The summed E-state index contributed by atoms with van der Waals surface area (Å²) in [5.41, 5.74) is 0. The van der Waals surface area contributed by atoms with Gasteiger partial charge in [0, 0.05) is 12.8 Å². The first-order chi connectivity index (χ1) is 30.7. The molecule has 374 valence electrons. The molecule has 0 fully saturated rings. The zero-order valence-corrected chi connectivity index (χ0v) is 42.0. The van der Waals surface area contributed by atoms with Crippen LogP contribution in [0.15, 0.2) is 12.2 Å². The third-order valence-electron chi connectivity index (χ3n) is 11.9. The molecular weight excluding hydrogens is 816 g/mol. The Hall–Kier alpha value is -1.29. The summed E-state index contributed by atoms with van der Waals surface area (Å²) in [5.74, 6) is -0.909. The number of ether oxygens (including phenoxy) is 2. The highest BCUT2D eigenvalue weighted by atomic mass is 31.2. The lowest BCUT2D eigenvalue weighted by Crippen LogP contribution is -2.29. The number of aliphatic hydroxyl groups is 2. The smallest absolute Gasteiger partial charge is 0.462 e. The molecular formula is C52H101O10P. The molecule has 1 unspecified atom stereocenters. The molecule has 0 aliphatic carbocycles. The van der Waals surface area contributed by atoms with Crippen molar-refractivity contribution in [3.8, 4) is 0 Å². The molecule has 0 spiro atoms. The molecule has 0 rings (SSSR count). The third-order valence-corrected chi connectivity index (χ3v) is 12.9. The van der Waals surface area contributed by atoms with Crippen LogP contribution < -0.4 is 0 Å². The van der Waals surface area contributed by atoms with Crippen molar-refractivity contribution in [2.75, 3.05) is 26.4 Å². The van der Waals surface area contributed by atoms with E-state index in [1.807, 2.05) is 0 Å². The summed E-state index contributed by atoms with van der Waals surface area (Å²) in [5, 5.41) is 18.4. The van der Waals surface area contributed by atoms with Crippen LogP contribution in [0.1, 0.15) is 271 Å². The SMILES string of the molecule is CCCCCCCC/C=C/CCCCCCCCCCCC(=O)O[C@H](COC(=O)CCCCCCCCCCCCCCCCCCCCCCC)COP(=O)(O)OC[C@@H](O)CO. The van der Waals surface area contributed by atoms with Gasteiger partial charge in [0.25, 0.3) is 0 Å². The van der Waals surface area contributed by atoms with E-state index in [0.29, 0.717) is 12.8 Å². The molecule has 3 atom stereocenters. The second-order valence-electron chi connectivity index (χ2n) is 18.3. The predicted molar refractivity (Wildman–Crippen MR) is 261 cm³/mol. The fourth-order valence-corrected chi connectivity index (χ4v) is 8.60. The minimum Gasteiger partial charge on any atom is -0.462 e. The summed E-state index contributed by atoms with van der Waals surface area (Å²) in [6.07, 6.45) is 50.4. The standard InChI is InChI=1S/C52H101O10P/c1-3-5-7-9-11-13-15-17-19-21-23-24-26-27-29-31-33-35-37-39-41-43-51(55)59-47-50(48-61-63(57,58)60-46-49(54)45-53)62-52(56)44-42-40-38-36-34-32-30-28-25-22-20-18-16-14-12-10-8-6-4-2/h18,20,49-50,53-54H,3-17,19,21-48H2,1-2H3,(H,57,58)/b20-18+/t49-,50+/m0/s1. The van der Waals surface area contributed by atoms with Crippen molar-refractivity contribution >= 4 is 19.8 Å². The van der Waals surface area contributed by atoms with Crippen molar-refractivity contribution in [1.82, 2.24) is 0 Å². The molecule has 11 heteroatoms. The summed E-state index contributed by atoms with van der Waals surface area (Å²) in [7, 11) is -4.62. The first kappa shape index (κ1) is 61.7. The number of carbonyl (C=O) groups excluding carboxylic acids is 2. The molecule has 0 radical (unpaired) electrons. The van der Waals surface area contributed by atoms with E-state index < -0.39 is 51.8 Å². The van der Waals surface area contributed by atoms with Gasteiger partial charge in [-0.2, -0.15) is 0 Å². The molecule has 0 saturated heterocycles. The number of esters is 2. The molecule has 0 amide bonds. The van der Waals surface area contributed by atoms with Crippen molar-refractivity contribution in [2.24, 2.45) is 0 Å². The number of hydrogen-bond acceptors (Lipinski definition) is 9. The van der Waals surface area contributed by atoms with Crippen LogP contribution in [0.5, 0.6) is 0 Å². The maximum absolute atomic E-state index is 12.7. The second kappa shape index (κ2) is 48.6. The highest BCUT2D eigenvalue weighted by molar-refractivity contribution is 7.47. The van der Waals surface area contributed by atoms with Crippen LogP contribution >= 0.6 is 7.82 Å². The number of hydrogen-bond donors (Lipinski definition) is 3. The number of rotatable bonds is 51. The van der Waals surface area contributed by atoms with Gasteiger partial charge in [0.2, 0.25) is 0 Å². The lowest BCUT2D eigenvalue weighted by molar-refractivity contribution is -0.161. The summed E-state index contributed by atoms with van der Waals surface area (Å²) < 4.78 is 32.9. The highest BCUT2D eigenvalue weighted by Gasteiger charge is 2.27. The number of allylic oxidation sites excluding steroid dienone is 2. The highest BCUT2D eigenvalue weighted by Crippen LogP contribution is 2.43. The van der Waals surface area contributed by atoms with Crippen molar-refractivity contribution in [1.29, 1.82) is 0 Å². The number of carbonyl (C=O) groups is 2. The van der Waals surface area contributed by atoms with Gasteiger partial charge in [-0.25, -0.2) is 4.57 Å². The van der Waals surface area contributed by atoms with Crippen LogP contribution in [0.3, 0.4) is 0 Å². The molecule has 0 bridgehead atoms. The lowest BCUT2D eigenvalue weighted by Gasteiger charge is -2.20. The minimum atomic E-state index is -4.62. The Morgan fingerprint density at radius 2 is 0.778 bits per heavy atom. The Balaban J connectivity index is 4.12. The van der Waals surface area contributed by atoms with Crippen LogP contribution in [-0.4, -0.2) is 65.7 Å². The van der Waals surface area contributed by atoms with Gasteiger partial charge in [-0.1, -0.05) is 231 Å². The average molecular weight is 917 g/mol. The maximum Gasteiger partial charge on any atom is 0.472 e. The van der Waals surface area contributed by atoms with Gasteiger partial charge in [-0.3, -0.25) is 18.6 Å². The average Bonchev–Trinajstić information content (AvgIpc) is 3.27. The Bertz CT molecular complexity index is 1060. The number of phosphoric ester groups is 1. The molecule has 0 aromatic carbocycles. The van der Waals surface area contributed by atoms with Crippen molar-refractivity contribution in [2.45, 2.75) is 283 Å². The second-order valence-corrected chi connectivity index (χ2v) is 19.7. The van der Waals surface area contributed by atoms with Crippen molar-refractivity contribution in [3.63, 3.8) is 0 Å². The number of unbranched alkanes of at least 4 members (excludes halogenated alkanes) is 35. The molecule has 63 heavy (non-hydrogen) atoms. The zero-order valence-electron chi connectivity index (χ0n) is 41.1. The maximum atomic E-state index is 12.7. The Morgan fingerprint density at radius 3 is 1.14 bits per heavy atom. The van der Waals surface area contributed by atoms with Gasteiger partial charge in [0.1, 0.15) is 12.7 Å². The topological polar surface area (TPSA) is 149 Å². The molecule has 0 heterocycles. The molecule has 0 aliphatic rings. The van der Waals surface area contributed by atoms with Crippen LogP contribution in [-0.2, 0) is 32.7 Å². The van der Waals surface area contributed by atoms with E-state index >= 15 is 0 Å². The molecule has 0 aromatic heterocycles. The van der Waals surface area contributed by atoms with Gasteiger partial charge < -0.3 is 24.6 Å². The van der Waals surface area contributed by atoms with Crippen LogP contribution in [0.4, 0.5) is 0 Å². The zero-order chi connectivity index (χ0) is 46.2. The number of phosphoric acid groups is 1. The van der Waals surface area contributed by atoms with Crippen LogP contribution in [0.25, 0.3) is 0 Å². The fourth-order valence-electron chi connectivity index (χ4n) is 7.82. The molecule has 0 saturated carbocycles. The van der Waals surface area contributed by atoms with E-state index in [4.69, 9.17) is 23.6 Å². The molecule has 10 nitrogen and oxygen atoms in total. The molecule has 3 N–H and O–H groups in total. The van der Waals surface area contributed by atoms with E-state index in [1.165, 1.54) is 199 Å². The van der Waals surface area contributed by atoms with Crippen LogP contribution in [0.2, 0.25) is 0 Å². The van der Waals surface area contributed by atoms with E-state index in [1.54, 1.807) is 0 Å². The van der Waals surface area contributed by atoms with Gasteiger partial charge in [0.15, 0.2) is 6.10 Å². The van der Waals surface area contributed by atoms with Gasteiger partial charge in [-0.15, -0.1) is 0 Å². The van der Waals surface area contributed by atoms with E-state index in [0.717, 1.165) is 32.1 Å². The van der Waals surface area contributed by atoms with Crippen LogP contribution in [0, 0.1) is 0 Å². The van der Waals surface area contributed by atoms with E-state index in [-0.39, 0.29) is 19.4 Å². The fraction of sp³-hybridized carbons (Fsp3) is 0.923. The Labute approximate surface area is 387 Å². The predicted octanol–water partition coefficient (Wildman–Crippen LogP) is 15.1. The van der Waals surface area contributed by atoms with Crippen molar-refractivity contribution in [3.05, 3.63) is 12.2 Å². The third kappa shape index (κ3) is 48.5. The Kier molecular flexibility index (Phi) is 47.6. The summed E-state index contributed by atoms with van der Waals surface area (Å²) in [4.78, 5) is 35.2. The first-order valence-corrected chi connectivity index (χ1v) is 28.1. The first-order valence-electron chi connectivity index (χ1n) is 26.6. The summed E-state index contributed by atoms with van der Waals surface area (Å²) in [6.45, 7) is 2.44. The lowest BCUT2D eigenvalue weighted by atomic mass is 10.0. The van der Waals surface area contributed by atoms with Crippen molar-refractivity contribution < 1.29 is 47.8 Å². The summed E-state index contributed by atoms with van der Waals surface area (Å²) >= 11 is 0. The molecule has 0 aromatic rings. The summed E-state index contributed by atoms with van der Waals surface area (Å²) in [6, 6.07) is 0. The Morgan fingerprint density at radius 1 is 0.460 bits per heavy atom. The normalized spacial score (nSPS) is 13.7. The molecule has 0 aliphatic heterocycles. The largest absolute Gasteiger partial charge is 0.472 e. The van der Waals surface area contributed by atoms with E-state index in [2.05, 4.69) is 26.0 Å². The monoisotopic (exact) mass is 917 g/mol. The number of aliphatic hydroxyl groups excluding tert-OH is 2. The van der Waals surface area contributed by atoms with Gasteiger partial charge in [0.05, 0.1) is 19.8 Å².